The van der Waals surface area contributed by atoms with E-state index in [2.05, 4.69) is 6.07 Å². The molecule has 4 heteroatoms. The van der Waals surface area contributed by atoms with Gasteiger partial charge in [-0.05, 0) is 32.3 Å². The monoisotopic (exact) mass is 293 g/mol. The number of hydrogen-bond donors (Lipinski definition) is 0. The van der Waals surface area contributed by atoms with Crippen molar-refractivity contribution < 1.29 is 9.53 Å². The lowest BCUT2D eigenvalue weighted by Gasteiger charge is -2.26. The van der Waals surface area contributed by atoms with Gasteiger partial charge in [-0.25, -0.2) is 0 Å². The van der Waals surface area contributed by atoms with Gasteiger partial charge in [-0.3, -0.25) is 4.79 Å². The molecule has 3 nitrogen and oxygen atoms in total. The fourth-order valence-electron chi connectivity index (χ4n) is 2.40. The third-order valence-corrected chi connectivity index (χ3v) is 4.43. The summed E-state index contributed by atoms with van der Waals surface area (Å²) in [5, 5.41) is 0. The summed E-state index contributed by atoms with van der Waals surface area (Å²) in [5.74, 6) is 2.62. The second-order valence-electron chi connectivity index (χ2n) is 4.97. The highest BCUT2D eigenvalue weighted by atomic mass is 32.2. The number of carbonyl (C=O) groups is 1. The minimum Gasteiger partial charge on any atom is -0.494 e. The molecule has 1 fully saturated rings. The maximum atomic E-state index is 12.1. The topological polar surface area (TPSA) is 29.5 Å². The van der Waals surface area contributed by atoms with Crippen molar-refractivity contribution in [2.75, 3.05) is 25.4 Å². The van der Waals surface area contributed by atoms with E-state index in [1.807, 2.05) is 30.0 Å². The standard InChI is InChI=1S/C16H23NO2S/c1-2-19-15-9-5-4-8-14(15)12-20-13-16(18)17-10-6-3-7-11-17/h4-5,8-9H,2-3,6-7,10-13H2,1H3. The summed E-state index contributed by atoms with van der Waals surface area (Å²) >= 11 is 1.68. The molecular weight excluding hydrogens is 270 g/mol. The van der Waals surface area contributed by atoms with Crippen LogP contribution in [0.2, 0.25) is 0 Å². The number of ether oxygens (including phenoxy) is 1. The van der Waals surface area contributed by atoms with Gasteiger partial charge in [0.1, 0.15) is 5.75 Å². The number of carbonyl (C=O) groups excluding carboxylic acids is 1. The van der Waals surface area contributed by atoms with E-state index < -0.39 is 0 Å². The second-order valence-corrected chi connectivity index (χ2v) is 5.96. The van der Waals surface area contributed by atoms with Crippen LogP contribution in [0.5, 0.6) is 5.75 Å². The minimum absolute atomic E-state index is 0.281. The molecule has 1 aliphatic rings. The molecule has 2 rings (SSSR count). The molecule has 0 atom stereocenters. The number of rotatable bonds is 6. The predicted molar refractivity (Wildman–Crippen MR) is 84.2 cm³/mol. The van der Waals surface area contributed by atoms with E-state index in [-0.39, 0.29) is 5.91 Å². The number of hydrogen-bond acceptors (Lipinski definition) is 3. The highest BCUT2D eigenvalue weighted by molar-refractivity contribution is 7.99. The van der Waals surface area contributed by atoms with Gasteiger partial charge in [-0.1, -0.05) is 18.2 Å². The quantitative estimate of drug-likeness (QED) is 0.805. The third kappa shape index (κ3) is 4.44. The number of nitrogens with zero attached hydrogens (tertiary/aromatic N) is 1. The summed E-state index contributed by atoms with van der Waals surface area (Å²) in [5.41, 5.74) is 1.17. The van der Waals surface area contributed by atoms with Crippen molar-refractivity contribution in [1.29, 1.82) is 0 Å². The van der Waals surface area contributed by atoms with Crippen LogP contribution in [0.3, 0.4) is 0 Å². The average Bonchev–Trinajstić information content (AvgIpc) is 2.50. The SMILES string of the molecule is CCOc1ccccc1CSCC(=O)N1CCCCC1. The lowest BCUT2D eigenvalue weighted by atomic mass is 10.1. The maximum absolute atomic E-state index is 12.1. The van der Waals surface area contributed by atoms with Crippen LogP contribution < -0.4 is 4.74 Å². The van der Waals surface area contributed by atoms with Crippen LogP contribution in [-0.2, 0) is 10.5 Å². The van der Waals surface area contributed by atoms with E-state index in [0.29, 0.717) is 12.4 Å². The number of likely N-dealkylation sites (tertiary alicyclic amines) is 1. The van der Waals surface area contributed by atoms with Crippen molar-refractivity contribution in [2.45, 2.75) is 31.9 Å². The summed E-state index contributed by atoms with van der Waals surface area (Å²) in [6, 6.07) is 8.07. The minimum atomic E-state index is 0.281. The molecule has 20 heavy (non-hydrogen) atoms. The van der Waals surface area contributed by atoms with Crippen molar-refractivity contribution in [3.63, 3.8) is 0 Å². The lowest BCUT2D eigenvalue weighted by Crippen LogP contribution is -2.36. The number of thioether (sulfide) groups is 1. The van der Waals surface area contributed by atoms with Crippen LogP contribution in [0.25, 0.3) is 0 Å². The maximum Gasteiger partial charge on any atom is 0.232 e. The normalized spacial score (nSPS) is 15.2. The Labute approximate surface area is 125 Å². The fourth-order valence-corrected chi connectivity index (χ4v) is 3.32. The first kappa shape index (κ1) is 15.2. The first-order chi connectivity index (χ1) is 9.81. The van der Waals surface area contributed by atoms with Crippen molar-refractivity contribution in [3.8, 4) is 5.75 Å². The zero-order chi connectivity index (χ0) is 14.2. The van der Waals surface area contributed by atoms with Gasteiger partial charge in [0.15, 0.2) is 0 Å². The first-order valence-electron chi connectivity index (χ1n) is 7.37. The van der Waals surface area contributed by atoms with Gasteiger partial charge in [-0.2, -0.15) is 0 Å². The summed E-state index contributed by atoms with van der Waals surface area (Å²) in [4.78, 5) is 14.1. The predicted octanol–water partition coefficient (Wildman–Crippen LogP) is 3.33. The Kier molecular flexibility index (Phi) is 6.25. The fraction of sp³-hybridized carbons (Fsp3) is 0.562. The highest BCUT2D eigenvalue weighted by Gasteiger charge is 2.16. The molecule has 0 aliphatic carbocycles. The number of benzene rings is 1. The Hall–Kier alpha value is -1.16. The van der Waals surface area contributed by atoms with Gasteiger partial charge in [0.05, 0.1) is 12.4 Å². The Balaban J connectivity index is 1.79. The molecule has 1 amide bonds. The summed E-state index contributed by atoms with van der Waals surface area (Å²) in [6.07, 6.45) is 3.58. The largest absolute Gasteiger partial charge is 0.494 e. The van der Waals surface area contributed by atoms with E-state index in [0.717, 1.165) is 37.4 Å². The second kappa shape index (κ2) is 8.20. The molecule has 0 aromatic heterocycles. The van der Waals surface area contributed by atoms with E-state index >= 15 is 0 Å². The van der Waals surface area contributed by atoms with Crippen molar-refractivity contribution in [2.24, 2.45) is 0 Å². The smallest absolute Gasteiger partial charge is 0.232 e. The zero-order valence-corrected chi connectivity index (χ0v) is 13.0. The van der Waals surface area contributed by atoms with Crippen LogP contribution in [0.15, 0.2) is 24.3 Å². The number of piperidine rings is 1. The Morgan fingerprint density at radius 2 is 2.00 bits per heavy atom. The summed E-state index contributed by atoms with van der Waals surface area (Å²) in [7, 11) is 0. The highest BCUT2D eigenvalue weighted by Crippen LogP contribution is 2.23. The van der Waals surface area contributed by atoms with Crippen molar-refractivity contribution in [1.82, 2.24) is 4.90 Å². The molecule has 0 radical (unpaired) electrons. The molecule has 110 valence electrons. The molecule has 0 spiro atoms. The van der Waals surface area contributed by atoms with Gasteiger partial charge in [0.2, 0.25) is 5.91 Å². The molecule has 0 bridgehead atoms. The summed E-state index contributed by atoms with van der Waals surface area (Å²) < 4.78 is 5.60. The lowest BCUT2D eigenvalue weighted by molar-refractivity contribution is -0.129. The van der Waals surface area contributed by atoms with Gasteiger partial charge >= 0.3 is 0 Å². The van der Waals surface area contributed by atoms with E-state index in [1.54, 1.807) is 11.8 Å². The Bertz CT molecular complexity index is 430. The molecule has 0 N–H and O–H groups in total. The van der Waals surface area contributed by atoms with Crippen LogP contribution >= 0.6 is 11.8 Å². The van der Waals surface area contributed by atoms with E-state index in [1.165, 1.54) is 12.0 Å². The molecule has 0 unspecified atom stereocenters. The molecule has 1 heterocycles. The molecule has 1 saturated heterocycles. The number of para-hydroxylation sites is 1. The van der Waals surface area contributed by atoms with Gasteiger partial charge in [-0.15, -0.1) is 11.8 Å². The number of amides is 1. The van der Waals surface area contributed by atoms with Crippen LogP contribution in [0.4, 0.5) is 0 Å². The van der Waals surface area contributed by atoms with Gasteiger partial charge in [0, 0.05) is 24.4 Å². The molecule has 1 aromatic rings. The van der Waals surface area contributed by atoms with E-state index in [9.17, 15) is 4.79 Å². The Morgan fingerprint density at radius 3 is 2.75 bits per heavy atom. The first-order valence-corrected chi connectivity index (χ1v) is 8.53. The van der Waals surface area contributed by atoms with Crippen LogP contribution in [0, 0.1) is 0 Å². The van der Waals surface area contributed by atoms with Crippen molar-refractivity contribution in [3.05, 3.63) is 29.8 Å². The molecule has 1 aromatic carbocycles. The summed E-state index contributed by atoms with van der Waals surface area (Å²) in [6.45, 7) is 4.54. The average molecular weight is 293 g/mol. The molecular formula is C16H23NO2S. The Morgan fingerprint density at radius 1 is 1.25 bits per heavy atom. The zero-order valence-electron chi connectivity index (χ0n) is 12.1. The van der Waals surface area contributed by atoms with Gasteiger partial charge in [0.25, 0.3) is 0 Å². The molecule has 1 aliphatic heterocycles. The van der Waals surface area contributed by atoms with E-state index in [4.69, 9.17) is 4.74 Å². The van der Waals surface area contributed by atoms with Gasteiger partial charge < -0.3 is 9.64 Å². The third-order valence-electron chi connectivity index (χ3n) is 3.46. The molecule has 0 saturated carbocycles. The van der Waals surface area contributed by atoms with Crippen LogP contribution in [-0.4, -0.2) is 36.3 Å². The van der Waals surface area contributed by atoms with Crippen molar-refractivity contribution >= 4 is 17.7 Å². The van der Waals surface area contributed by atoms with Crippen LogP contribution in [0.1, 0.15) is 31.7 Å².